The molecule has 0 N–H and O–H groups in total. The fourth-order valence-corrected chi connectivity index (χ4v) is 1.33. The van der Waals surface area contributed by atoms with Gasteiger partial charge in [0.05, 0.1) is 25.7 Å². The van der Waals surface area contributed by atoms with Crippen LogP contribution in [0, 0.1) is 0 Å². The zero-order valence-electron chi connectivity index (χ0n) is 11.0. The van der Waals surface area contributed by atoms with Crippen molar-refractivity contribution in [3.8, 4) is 0 Å². The van der Waals surface area contributed by atoms with Crippen molar-refractivity contribution in [3.05, 3.63) is 0 Å². The van der Waals surface area contributed by atoms with Crippen LogP contribution in [0.25, 0.3) is 0 Å². The van der Waals surface area contributed by atoms with Crippen LogP contribution in [0.5, 0.6) is 0 Å². The van der Waals surface area contributed by atoms with E-state index in [4.69, 9.17) is 0 Å². The van der Waals surface area contributed by atoms with Crippen molar-refractivity contribution in [2.75, 3.05) is 13.6 Å². The number of hydrogen-bond donors (Lipinski definition) is 0. The Morgan fingerprint density at radius 3 is 1.00 bits per heavy atom. The van der Waals surface area contributed by atoms with E-state index in [1.54, 1.807) is 0 Å². The first kappa shape index (κ1) is 19.3. The quantitative estimate of drug-likeness (QED) is 0.357. The van der Waals surface area contributed by atoms with Gasteiger partial charge in [0.2, 0.25) is 0 Å². The molecular weight excluding hydrogens is 267 g/mol. The summed E-state index contributed by atoms with van der Waals surface area (Å²) in [6.45, 7) is 12.7. The van der Waals surface area contributed by atoms with Crippen molar-refractivity contribution in [1.29, 1.82) is 0 Å². The number of hydrogen-bond acceptors (Lipinski definition) is 0. The molecule has 0 rings (SSSR count). The number of quaternary nitrogens is 1. The molecule has 0 aromatic heterocycles. The number of halogens is 6. The predicted octanol–water partition coefficient (Wildman–Crippen LogP) is 5.65. The first-order valence-electron chi connectivity index (χ1n) is 5.31. The molecule has 0 bridgehead atoms. The molecule has 0 aromatic carbocycles. The van der Waals surface area contributed by atoms with Gasteiger partial charge in [-0.2, -0.15) is 0 Å². The van der Waals surface area contributed by atoms with E-state index in [9.17, 15) is 25.2 Å². The molecule has 0 aliphatic heterocycles. The Morgan fingerprint density at radius 2 is 1.00 bits per heavy atom. The molecule has 110 valence electrons. The fourth-order valence-electron chi connectivity index (χ4n) is 1.33. The monoisotopic (exact) mass is 289 g/mol. The summed E-state index contributed by atoms with van der Waals surface area (Å²) in [6.07, 6.45) is 0. The van der Waals surface area contributed by atoms with Crippen LogP contribution in [0.4, 0.5) is 25.2 Å². The van der Waals surface area contributed by atoms with E-state index in [1.165, 1.54) is 11.0 Å². The molecule has 0 atom stereocenters. The molecule has 0 amide bonds. The van der Waals surface area contributed by atoms with Crippen molar-refractivity contribution in [2.45, 2.75) is 46.7 Å². The second-order valence-corrected chi connectivity index (χ2v) is 6.73. The maximum absolute atomic E-state index is 10.7. The molecule has 8 heteroatoms. The third-order valence-electron chi connectivity index (χ3n) is 3.04. The summed E-state index contributed by atoms with van der Waals surface area (Å²) < 4.78 is 60.4. The molecule has 0 aliphatic rings. The van der Waals surface area contributed by atoms with Crippen molar-refractivity contribution in [1.82, 2.24) is 0 Å². The average Bonchev–Trinajstić information content (AvgIpc) is 1.95. The minimum absolute atomic E-state index is 0.741. The zero-order valence-corrected chi connectivity index (χ0v) is 11.9. The van der Waals surface area contributed by atoms with Gasteiger partial charge in [-0.3, -0.25) is 0 Å². The summed E-state index contributed by atoms with van der Waals surface area (Å²) in [7, 11) is -8.33. The molecule has 0 spiro atoms. The molecule has 0 radical (unpaired) electrons. The Morgan fingerprint density at radius 1 is 0.824 bits per heavy atom. The van der Waals surface area contributed by atoms with Gasteiger partial charge < -0.3 is 4.48 Å². The van der Waals surface area contributed by atoms with Crippen LogP contribution in [-0.2, 0) is 0 Å². The standard InChI is InChI=1S/C9H22N.F6P/c1-7-10(6,8(2)3)9(4)5;1-7(2,3,4,5)6/h8-9H,7H2,1-6H3;/q+1;-1. The zero-order chi connectivity index (χ0) is 14.8. The van der Waals surface area contributed by atoms with Crippen LogP contribution in [0.2, 0.25) is 0 Å². The van der Waals surface area contributed by atoms with E-state index in [-0.39, 0.29) is 0 Å². The molecule has 17 heavy (non-hydrogen) atoms. The van der Waals surface area contributed by atoms with E-state index in [2.05, 4.69) is 41.7 Å². The van der Waals surface area contributed by atoms with Gasteiger partial charge in [0.1, 0.15) is 0 Å². The van der Waals surface area contributed by atoms with Gasteiger partial charge in [0, 0.05) is 0 Å². The van der Waals surface area contributed by atoms with E-state index in [0.29, 0.717) is 0 Å². The molecule has 0 saturated heterocycles. The first-order valence-corrected chi connectivity index (χ1v) is 7.34. The van der Waals surface area contributed by atoms with Crippen molar-refractivity contribution >= 4 is 7.81 Å². The molecule has 1 nitrogen and oxygen atoms in total. The van der Waals surface area contributed by atoms with Crippen molar-refractivity contribution < 1.29 is 29.7 Å². The predicted molar refractivity (Wildman–Crippen MR) is 60.6 cm³/mol. The minimum atomic E-state index is -10.7. The topological polar surface area (TPSA) is 0 Å². The number of nitrogens with zero attached hydrogens (tertiary/aromatic N) is 1. The SMILES string of the molecule is CC[N+](C)(C(C)C)C(C)C.F[P-](F)(F)(F)(F)F. The van der Waals surface area contributed by atoms with E-state index >= 15 is 0 Å². The second-order valence-electron chi connectivity index (χ2n) is 4.81. The van der Waals surface area contributed by atoms with Crippen LogP contribution < -0.4 is 0 Å². The molecule has 0 heterocycles. The molecular formula is C9H22F6NP. The first-order chi connectivity index (χ1) is 6.90. The van der Waals surface area contributed by atoms with Gasteiger partial charge >= 0.3 is 33.0 Å². The summed E-state index contributed by atoms with van der Waals surface area (Å²) in [5, 5.41) is 0. The van der Waals surface area contributed by atoms with Crippen LogP contribution in [-0.4, -0.2) is 30.2 Å². The van der Waals surface area contributed by atoms with E-state index < -0.39 is 7.81 Å². The van der Waals surface area contributed by atoms with Gasteiger partial charge in [-0.05, 0) is 34.6 Å². The molecule has 0 unspecified atom stereocenters. The van der Waals surface area contributed by atoms with Crippen LogP contribution >= 0.6 is 7.81 Å². The third kappa shape index (κ3) is 13.9. The number of rotatable bonds is 3. The summed E-state index contributed by atoms with van der Waals surface area (Å²) in [6, 6.07) is 1.48. The molecule has 0 fully saturated rings. The maximum atomic E-state index is 9.87. The van der Waals surface area contributed by atoms with Crippen LogP contribution in [0.15, 0.2) is 0 Å². The molecule has 0 aromatic rings. The van der Waals surface area contributed by atoms with Gasteiger partial charge in [-0.1, -0.05) is 0 Å². The summed E-state index contributed by atoms with van der Waals surface area (Å²) in [5.74, 6) is 0. The van der Waals surface area contributed by atoms with Gasteiger partial charge in [-0.15, -0.1) is 0 Å². The molecule has 0 saturated carbocycles. The normalized spacial score (nSPS) is 17.3. The average molecular weight is 289 g/mol. The summed E-state index contributed by atoms with van der Waals surface area (Å²) in [4.78, 5) is 0. The summed E-state index contributed by atoms with van der Waals surface area (Å²) in [5.41, 5.74) is 0. The molecule has 0 aliphatic carbocycles. The summed E-state index contributed by atoms with van der Waals surface area (Å²) >= 11 is 0. The van der Waals surface area contributed by atoms with Gasteiger partial charge in [0.15, 0.2) is 0 Å². The van der Waals surface area contributed by atoms with E-state index in [0.717, 1.165) is 12.1 Å². The third-order valence-corrected chi connectivity index (χ3v) is 3.04. The Kier molecular flexibility index (Phi) is 5.20. The van der Waals surface area contributed by atoms with Gasteiger partial charge in [-0.25, -0.2) is 0 Å². The van der Waals surface area contributed by atoms with Crippen molar-refractivity contribution in [2.24, 2.45) is 0 Å². The Hall–Kier alpha value is -0.0300. The Labute approximate surface area is 98.6 Å². The van der Waals surface area contributed by atoms with E-state index in [1.807, 2.05) is 0 Å². The van der Waals surface area contributed by atoms with Gasteiger partial charge in [0.25, 0.3) is 0 Å². The van der Waals surface area contributed by atoms with Crippen LogP contribution in [0.1, 0.15) is 34.6 Å². The van der Waals surface area contributed by atoms with Crippen molar-refractivity contribution in [3.63, 3.8) is 0 Å². The Bertz CT molecular complexity index is 222. The fraction of sp³-hybridized carbons (Fsp3) is 1.00. The second kappa shape index (κ2) is 4.57. The van der Waals surface area contributed by atoms with Crippen LogP contribution in [0.3, 0.4) is 0 Å². The Balaban J connectivity index is 0.